The Bertz CT molecular complexity index is 1110. The van der Waals surface area contributed by atoms with Gasteiger partial charge in [-0.25, -0.2) is 13.9 Å². The van der Waals surface area contributed by atoms with E-state index in [2.05, 4.69) is 13.4 Å². The molecule has 0 radical (unpaired) electrons. The Morgan fingerprint density at radius 2 is 1.71 bits per heavy atom. The molecule has 2 saturated heterocycles. The van der Waals surface area contributed by atoms with Crippen molar-refractivity contribution < 1.29 is 62.2 Å². The van der Waals surface area contributed by atoms with Crippen molar-refractivity contribution >= 4 is 15.6 Å². The summed E-state index contributed by atoms with van der Waals surface area (Å²) in [4.78, 5) is 44.6. The highest BCUT2D eigenvalue weighted by molar-refractivity contribution is 7.61. The summed E-state index contributed by atoms with van der Waals surface area (Å²) < 4.78 is 48.6. The fourth-order valence-corrected chi connectivity index (χ4v) is 5.49. The smallest absolute Gasteiger partial charge is 0.388 e. The zero-order chi connectivity index (χ0) is 26.3. The van der Waals surface area contributed by atoms with Gasteiger partial charge in [0.2, 0.25) is 0 Å². The Balaban J connectivity index is 1.61. The van der Waals surface area contributed by atoms with Gasteiger partial charge in [-0.1, -0.05) is 0 Å². The fourth-order valence-electron chi connectivity index (χ4n) is 3.33. The molecule has 2 fully saturated rings. The number of aliphatic hydroxyl groups is 4. The van der Waals surface area contributed by atoms with Crippen molar-refractivity contribution in [1.29, 1.82) is 0 Å². The first kappa shape index (κ1) is 28.2. The molecule has 18 nitrogen and oxygen atoms in total. The predicted octanol–water partition coefficient (Wildman–Crippen LogP) is -3.80. The van der Waals surface area contributed by atoms with Gasteiger partial charge in [0.25, 0.3) is 5.56 Å². The Labute approximate surface area is 195 Å². The number of aliphatic hydroxyl groups excluding tert-OH is 4. The van der Waals surface area contributed by atoms with Crippen LogP contribution in [0.2, 0.25) is 0 Å². The van der Waals surface area contributed by atoms with Gasteiger partial charge in [0, 0.05) is 12.3 Å². The van der Waals surface area contributed by atoms with E-state index in [-0.39, 0.29) is 0 Å². The number of hydrogen-bond acceptors (Lipinski definition) is 14. The molecule has 11 atom stereocenters. The molecule has 0 bridgehead atoms. The molecule has 1 aromatic heterocycles. The van der Waals surface area contributed by atoms with Crippen LogP contribution in [0.5, 0.6) is 0 Å². The van der Waals surface area contributed by atoms with Crippen LogP contribution in [0.4, 0.5) is 0 Å². The van der Waals surface area contributed by atoms with Gasteiger partial charge in [-0.3, -0.25) is 23.4 Å². The van der Waals surface area contributed by atoms with Crippen LogP contribution in [-0.2, 0) is 32.0 Å². The van der Waals surface area contributed by atoms with Crippen molar-refractivity contribution in [3.63, 3.8) is 0 Å². The Morgan fingerprint density at radius 1 is 1.06 bits per heavy atom. The van der Waals surface area contributed by atoms with Crippen LogP contribution in [0.25, 0.3) is 0 Å². The van der Waals surface area contributed by atoms with Gasteiger partial charge < -0.3 is 45.4 Å². The first-order valence-corrected chi connectivity index (χ1v) is 12.9. The van der Waals surface area contributed by atoms with Gasteiger partial charge in [0.15, 0.2) is 12.5 Å². The second-order valence-electron chi connectivity index (χ2n) is 7.75. The lowest BCUT2D eigenvalue weighted by atomic mass is 9.98. The molecule has 0 spiro atoms. The summed E-state index contributed by atoms with van der Waals surface area (Å²) in [6, 6.07) is -0.108. The zero-order valence-electron chi connectivity index (χ0n) is 17.8. The third kappa shape index (κ3) is 6.51. The molecule has 0 saturated carbocycles. The number of hydrogen-bond donors (Lipinski definition) is 8. The van der Waals surface area contributed by atoms with Gasteiger partial charge >= 0.3 is 21.3 Å². The fraction of sp³-hybridized carbons (Fsp3) is 0.733. The van der Waals surface area contributed by atoms with Crippen molar-refractivity contribution in [2.24, 2.45) is 5.73 Å². The number of aromatic nitrogens is 2. The largest absolute Gasteiger partial charge is 0.483 e. The SMILES string of the molecule is CC1OC(OP(=O)(O)OP(=O)(O)OC[C@H]2O[C@@H](n3ccc(=O)[nH]c3=O)[C@H](O)[C@@H]2O)C(O)C(O)C1N. The molecular weight excluding hydrogens is 524 g/mol. The minimum Gasteiger partial charge on any atom is -0.388 e. The van der Waals surface area contributed by atoms with Gasteiger partial charge in [-0.15, -0.1) is 0 Å². The van der Waals surface area contributed by atoms with Crippen LogP contribution >= 0.6 is 15.6 Å². The lowest BCUT2D eigenvalue weighted by Gasteiger charge is -2.39. The highest BCUT2D eigenvalue weighted by Crippen LogP contribution is 2.61. The van der Waals surface area contributed by atoms with E-state index in [0.717, 1.165) is 16.8 Å². The molecule has 0 aromatic carbocycles. The van der Waals surface area contributed by atoms with Crippen LogP contribution in [-0.4, -0.2) is 95.3 Å². The monoisotopic (exact) mass is 549 g/mol. The minimum absolute atomic E-state index is 0.730. The number of H-pyrrole nitrogens is 1. The maximum absolute atomic E-state index is 12.2. The second-order valence-corrected chi connectivity index (χ2v) is 10.7. The first-order chi connectivity index (χ1) is 16.1. The molecule has 35 heavy (non-hydrogen) atoms. The van der Waals surface area contributed by atoms with E-state index >= 15 is 0 Å². The van der Waals surface area contributed by atoms with E-state index in [1.807, 2.05) is 4.98 Å². The van der Waals surface area contributed by atoms with E-state index in [4.69, 9.17) is 15.2 Å². The molecule has 0 aliphatic carbocycles. The third-order valence-corrected chi connectivity index (χ3v) is 7.82. The van der Waals surface area contributed by atoms with E-state index in [9.17, 15) is 48.9 Å². The van der Waals surface area contributed by atoms with E-state index in [1.165, 1.54) is 6.92 Å². The summed E-state index contributed by atoms with van der Waals surface area (Å²) in [7, 11) is -10.9. The predicted molar refractivity (Wildman–Crippen MR) is 109 cm³/mol. The minimum atomic E-state index is -5.46. The number of phosphoric ester groups is 2. The van der Waals surface area contributed by atoms with Crippen LogP contribution < -0.4 is 17.0 Å². The summed E-state index contributed by atoms with van der Waals surface area (Å²) in [5, 5.41) is 40.0. The van der Waals surface area contributed by atoms with Crippen LogP contribution in [0.3, 0.4) is 0 Å². The number of ether oxygens (including phenoxy) is 2. The zero-order valence-corrected chi connectivity index (χ0v) is 19.6. The van der Waals surface area contributed by atoms with Crippen molar-refractivity contribution in [3.05, 3.63) is 33.1 Å². The Hall–Kier alpha value is -1.34. The maximum atomic E-state index is 12.2. The summed E-state index contributed by atoms with van der Waals surface area (Å²) in [5.41, 5.74) is 3.87. The summed E-state index contributed by atoms with van der Waals surface area (Å²) in [6.45, 7) is 0.392. The normalized spacial score (nSPS) is 39.1. The highest BCUT2D eigenvalue weighted by Gasteiger charge is 2.48. The van der Waals surface area contributed by atoms with Gasteiger partial charge in [0.1, 0.15) is 30.5 Å². The summed E-state index contributed by atoms with van der Waals surface area (Å²) >= 11 is 0. The van der Waals surface area contributed by atoms with Crippen LogP contribution in [0, 0.1) is 0 Å². The number of phosphoric acid groups is 2. The third-order valence-electron chi connectivity index (χ3n) is 5.22. The molecule has 2 aliphatic rings. The van der Waals surface area contributed by atoms with Crippen molar-refractivity contribution in [3.8, 4) is 0 Å². The quantitative estimate of drug-likeness (QED) is 0.144. The molecule has 9 N–H and O–H groups in total. The summed E-state index contributed by atoms with van der Waals surface area (Å²) in [6.07, 6.45) is -12.0. The van der Waals surface area contributed by atoms with Gasteiger partial charge in [-0.05, 0) is 6.92 Å². The van der Waals surface area contributed by atoms with Gasteiger partial charge in [-0.2, -0.15) is 4.31 Å². The molecular formula is C15H25N3O15P2. The van der Waals surface area contributed by atoms with Crippen molar-refractivity contribution in [2.75, 3.05) is 6.61 Å². The Morgan fingerprint density at radius 3 is 2.34 bits per heavy atom. The standard InChI is InChI=1S/C15H25N3O15P2/c1-5-8(16)10(21)12(23)14(30-5)32-35(27,28)33-34(25,26)29-4-6-9(20)11(22)13(31-6)18-3-2-7(19)17-15(18)24/h2-3,5-6,8-14,20-23H,4,16H2,1H3,(H,25,26)(H,27,28)(H,17,19,24)/t5?,6-,8?,9-,10?,11-,12?,13-,14?/m1/s1. The van der Waals surface area contributed by atoms with Crippen LogP contribution in [0.1, 0.15) is 13.2 Å². The molecule has 20 heteroatoms. The number of nitrogens with zero attached hydrogens (tertiary/aromatic N) is 1. The molecule has 3 rings (SSSR count). The highest BCUT2D eigenvalue weighted by atomic mass is 31.3. The van der Waals surface area contributed by atoms with Crippen molar-refractivity contribution in [2.45, 2.75) is 62.1 Å². The van der Waals surface area contributed by atoms with E-state index < -0.39 is 88.7 Å². The number of nitrogens with one attached hydrogen (secondary N) is 1. The number of rotatable bonds is 8. The average molecular weight is 549 g/mol. The molecule has 2 aliphatic heterocycles. The van der Waals surface area contributed by atoms with E-state index in [1.54, 1.807) is 0 Å². The second kappa shape index (κ2) is 10.6. The van der Waals surface area contributed by atoms with Crippen molar-refractivity contribution in [1.82, 2.24) is 9.55 Å². The topological polar surface area (TPSA) is 283 Å². The van der Waals surface area contributed by atoms with Gasteiger partial charge in [0.05, 0.1) is 18.8 Å². The first-order valence-electron chi connectivity index (χ1n) is 9.92. The average Bonchev–Trinajstić information content (AvgIpc) is 3.02. The molecule has 3 heterocycles. The lowest BCUT2D eigenvalue weighted by Crippen LogP contribution is -2.60. The Kier molecular flexibility index (Phi) is 8.52. The molecule has 200 valence electrons. The lowest BCUT2D eigenvalue weighted by molar-refractivity contribution is -0.242. The number of aromatic amines is 1. The number of nitrogens with two attached hydrogens (primary N) is 1. The molecule has 0 amide bonds. The summed E-state index contributed by atoms with van der Waals surface area (Å²) in [5.74, 6) is 0. The molecule has 7 unspecified atom stereocenters. The van der Waals surface area contributed by atoms with E-state index in [0.29, 0.717) is 0 Å². The molecule has 1 aromatic rings. The van der Waals surface area contributed by atoms with Crippen LogP contribution in [0.15, 0.2) is 21.9 Å². The maximum Gasteiger partial charge on any atom is 0.483 e.